The molecule has 1 amide bonds. The molecule has 0 spiro atoms. The number of carbonyl (C=O) groups is 2. The summed E-state index contributed by atoms with van der Waals surface area (Å²) < 4.78 is 4.92. The van der Waals surface area contributed by atoms with E-state index >= 15 is 0 Å². The first-order valence-electron chi connectivity index (χ1n) is 6.51. The Morgan fingerprint density at radius 3 is 2.55 bits per heavy atom. The normalized spacial score (nSPS) is 14.8. The largest absolute Gasteiger partial charge is 0.465 e. The molecule has 20 heavy (non-hydrogen) atoms. The minimum Gasteiger partial charge on any atom is -0.465 e. The van der Waals surface area contributed by atoms with E-state index in [9.17, 15) is 9.59 Å². The van der Waals surface area contributed by atoms with E-state index in [-0.39, 0.29) is 6.61 Å². The van der Waals surface area contributed by atoms with Crippen LogP contribution in [0.1, 0.15) is 19.4 Å². The molecule has 0 saturated carbocycles. The SMILES string of the molecule is CCOC(=O)C1(C(=O)Nc2ccc(Cl)cc2CC)C=C1. The van der Waals surface area contributed by atoms with Gasteiger partial charge in [0.1, 0.15) is 0 Å². The first-order chi connectivity index (χ1) is 9.53. The fraction of sp³-hybridized carbons (Fsp3) is 0.333. The fourth-order valence-corrected chi connectivity index (χ4v) is 2.11. The predicted octanol–water partition coefficient (Wildman–Crippen LogP) is 2.96. The van der Waals surface area contributed by atoms with E-state index < -0.39 is 17.3 Å². The number of amides is 1. The first-order valence-corrected chi connectivity index (χ1v) is 6.88. The van der Waals surface area contributed by atoms with Gasteiger partial charge >= 0.3 is 5.97 Å². The summed E-state index contributed by atoms with van der Waals surface area (Å²) in [5.41, 5.74) is 0.352. The number of hydrogen-bond donors (Lipinski definition) is 1. The maximum atomic E-state index is 12.3. The molecule has 0 heterocycles. The summed E-state index contributed by atoms with van der Waals surface area (Å²) in [6.07, 6.45) is 3.82. The lowest BCUT2D eigenvalue weighted by atomic mass is 10.0. The number of benzene rings is 1. The van der Waals surface area contributed by atoms with E-state index in [1.807, 2.05) is 6.92 Å². The molecule has 0 bridgehead atoms. The van der Waals surface area contributed by atoms with Crippen molar-refractivity contribution in [2.24, 2.45) is 5.41 Å². The lowest BCUT2D eigenvalue weighted by molar-refractivity contribution is -0.151. The van der Waals surface area contributed by atoms with E-state index in [2.05, 4.69) is 5.32 Å². The molecule has 1 aromatic rings. The van der Waals surface area contributed by atoms with Crippen molar-refractivity contribution in [1.29, 1.82) is 0 Å². The maximum Gasteiger partial charge on any atom is 0.329 e. The molecule has 1 N–H and O–H groups in total. The van der Waals surface area contributed by atoms with Crippen LogP contribution in [0.4, 0.5) is 5.69 Å². The number of esters is 1. The van der Waals surface area contributed by atoms with E-state index in [0.29, 0.717) is 10.7 Å². The van der Waals surface area contributed by atoms with Gasteiger partial charge in [0.25, 0.3) is 0 Å². The Morgan fingerprint density at radius 2 is 2.00 bits per heavy atom. The molecule has 0 fully saturated rings. The minimum absolute atomic E-state index is 0.247. The van der Waals surface area contributed by atoms with Crippen molar-refractivity contribution in [3.05, 3.63) is 40.9 Å². The zero-order valence-electron chi connectivity index (χ0n) is 11.4. The smallest absolute Gasteiger partial charge is 0.329 e. The standard InChI is InChI=1S/C15H16ClNO3/c1-3-10-9-11(16)5-6-12(10)17-13(18)15(7-8-15)14(19)20-4-2/h5-9H,3-4H2,1-2H3,(H,17,18). The van der Waals surface area contributed by atoms with Gasteiger partial charge in [-0.2, -0.15) is 0 Å². The van der Waals surface area contributed by atoms with Crippen molar-refractivity contribution < 1.29 is 14.3 Å². The number of carbonyl (C=O) groups excluding carboxylic acids is 2. The van der Waals surface area contributed by atoms with Gasteiger partial charge in [0.05, 0.1) is 6.61 Å². The van der Waals surface area contributed by atoms with Gasteiger partial charge in [-0.05, 0) is 37.1 Å². The molecule has 5 heteroatoms. The van der Waals surface area contributed by atoms with Gasteiger partial charge in [-0.25, -0.2) is 0 Å². The Kier molecular flexibility index (Phi) is 4.14. The monoisotopic (exact) mass is 293 g/mol. The molecule has 4 nitrogen and oxygen atoms in total. The van der Waals surface area contributed by atoms with E-state index in [1.165, 1.54) is 0 Å². The number of nitrogens with one attached hydrogen (secondary N) is 1. The van der Waals surface area contributed by atoms with Crippen LogP contribution in [0.25, 0.3) is 0 Å². The van der Waals surface area contributed by atoms with Crippen LogP contribution in [0, 0.1) is 5.41 Å². The second-order valence-electron chi connectivity index (χ2n) is 4.53. The van der Waals surface area contributed by atoms with Gasteiger partial charge in [-0.15, -0.1) is 0 Å². The quantitative estimate of drug-likeness (QED) is 0.516. The summed E-state index contributed by atoms with van der Waals surface area (Å²) in [5, 5.41) is 3.39. The Hall–Kier alpha value is -1.81. The second kappa shape index (κ2) is 5.67. The van der Waals surface area contributed by atoms with Crippen molar-refractivity contribution in [3.8, 4) is 0 Å². The lowest BCUT2D eigenvalue weighted by Gasteiger charge is -2.16. The van der Waals surface area contributed by atoms with Crippen molar-refractivity contribution in [3.63, 3.8) is 0 Å². The number of halogens is 1. The van der Waals surface area contributed by atoms with Gasteiger partial charge in [0, 0.05) is 10.7 Å². The molecule has 0 radical (unpaired) electrons. The number of aryl methyl sites for hydroxylation is 1. The average molecular weight is 294 g/mol. The molecule has 0 unspecified atom stereocenters. The third-order valence-electron chi connectivity index (χ3n) is 3.19. The Balaban J connectivity index is 2.14. The van der Waals surface area contributed by atoms with Crippen LogP contribution in [-0.4, -0.2) is 18.5 Å². The highest BCUT2D eigenvalue weighted by Crippen LogP contribution is 2.38. The molecule has 0 aromatic heterocycles. The van der Waals surface area contributed by atoms with Crippen molar-refractivity contribution in [2.45, 2.75) is 20.3 Å². The van der Waals surface area contributed by atoms with Crippen LogP contribution < -0.4 is 5.32 Å². The van der Waals surface area contributed by atoms with Gasteiger partial charge in [0.2, 0.25) is 5.91 Å². The number of rotatable bonds is 5. The molecule has 1 aromatic carbocycles. The van der Waals surface area contributed by atoms with Crippen LogP contribution >= 0.6 is 11.6 Å². The van der Waals surface area contributed by atoms with Crippen LogP contribution in [0.15, 0.2) is 30.4 Å². The van der Waals surface area contributed by atoms with E-state index in [0.717, 1.165) is 12.0 Å². The highest BCUT2D eigenvalue weighted by molar-refractivity contribution is 6.30. The summed E-state index contributed by atoms with van der Waals surface area (Å²) in [5.74, 6) is -0.933. The van der Waals surface area contributed by atoms with Gasteiger partial charge in [-0.1, -0.05) is 30.7 Å². The molecule has 106 valence electrons. The topological polar surface area (TPSA) is 55.4 Å². The molecule has 1 aliphatic carbocycles. The highest BCUT2D eigenvalue weighted by atomic mass is 35.5. The third-order valence-corrected chi connectivity index (χ3v) is 3.42. The number of anilines is 1. The molecule has 0 atom stereocenters. The fourth-order valence-electron chi connectivity index (χ4n) is 1.92. The summed E-state index contributed by atoms with van der Waals surface area (Å²) in [7, 11) is 0. The van der Waals surface area contributed by atoms with Crippen LogP contribution in [-0.2, 0) is 20.7 Å². The lowest BCUT2D eigenvalue weighted by Crippen LogP contribution is -2.34. The summed E-state index contributed by atoms with van der Waals surface area (Å²) >= 11 is 5.93. The molecular formula is C15H16ClNO3. The zero-order chi connectivity index (χ0) is 14.8. The van der Waals surface area contributed by atoms with Gasteiger partial charge in [-0.3, -0.25) is 9.59 Å². The predicted molar refractivity (Wildman–Crippen MR) is 77.7 cm³/mol. The zero-order valence-corrected chi connectivity index (χ0v) is 12.2. The molecular weight excluding hydrogens is 278 g/mol. The van der Waals surface area contributed by atoms with Crippen LogP contribution in [0.3, 0.4) is 0 Å². The van der Waals surface area contributed by atoms with Crippen molar-refractivity contribution >= 4 is 29.2 Å². The molecule has 0 aliphatic heterocycles. The number of ether oxygens (including phenoxy) is 1. The van der Waals surface area contributed by atoms with Crippen molar-refractivity contribution in [1.82, 2.24) is 0 Å². The molecule has 0 saturated heterocycles. The van der Waals surface area contributed by atoms with Crippen LogP contribution in [0.2, 0.25) is 5.02 Å². The average Bonchev–Trinajstić information content (AvgIpc) is 3.22. The van der Waals surface area contributed by atoms with Gasteiger partial charge < -0.3 is 10.1 Å². The van der Waals surface area contributed by atoms with E-state index in [4.69, 9.17) is 16.3 Å². The third kappa shape index (κ3) is 2.70. The maximum absolute atomic E-state index is 12.3. The van der Waals surface area contributed by atoms with Crippen molar-refractivity contribution in [2.75, 3.05) is 11.9 Å². The Labute approximate surface area is 122 Å². The molecule has 2 rings (SSSR count). The van der Waals surface area contributed by atoms with Crippen LogP contribution in [0.5, 0.6) is 0 Å². The summed E-state index contributed by atoms with van der Waals surface area (Å²) in [4.78, 5) is 24.1. The Morgan fingerprint density at radius 1 is 1.30 bits per heavy atom. The second-order valence-corrected chi connectivity index (χ2v) is 4.97. The number of hydrogen-bond acceptors (Lipinski definition) is 3. The summed E-state index contributed by atoms with van der Waals surface area (Å²) in [6, 6.07) is 5.24. The van der Waals surface area contributed by atoms with E-state index in [1.54, 1.807) is 37.3 Å². The first kappa shape index (κ1) is 14.6. The molecule has 1 aliphatic rings. The van der Waals surface area contributed by atoms with Gasteiger partial charge in [0.15, 0.2) is 5.41 Å². The highest BCUT2D eigenvalue weighted by Gasteiger charge is 2.51. The summed E-state index contributed by atoms with van der Waals surface area (Å²) in [6.45, 7) is 3.93. The minimum atomic E-state index is -1.24. The Bertz CT molecular complexity index is 574.